The number of hydrogen-bond donors (Lipinski definition) is 0. The number of benzene rings is 1. The molecule has 1 aromatic carbocycles. The SMILES string of the molecule is CCc1cc(C)c(CBr)c(C)c1. The monoisotopic (exact) mass is 226 g/mol. The van der Waals surface area contributed by atoms with Crippen LogP contribution in [-0.2, 0) is 11.8 Å². The molecule has 0 saturated carbocycles. The van der Waals surface area contributed by atoms with Crippen LogP contribution >= 0.6 is 15.9 Å². The fourth-order valence-electron chi connectivity index (χ4n) is 1.50. The van der Waals surface area contributed by atoms with Gasteiger partial charge in [-0.15, -0.1) is 0 Å². The standard InChI is InChI=1S/C11H15Br/c1-4-10-5-8(2)11(7-12)9(3)6-10/h5-6H,4,7H2,1-3H3. The zero-order valence-electron chi connectivity index (χ0n) is 7.95. The molecule has 0 radical (unpaired) electrons. The minimum atomic E-state index is 0.967. The number of aryl methyl sites for hydroxylation is 3. The Morgan fingerprint density at radius 1 is 1.17 bits per heavy atom. The maximum Gasteiger partial charge on any atom is 0.0288 e. The highest BCUT2D eigenvalue weighted by atomic mass is 79.9. The van der Waals surface area contributed by atoms with Gasteiger partial charge in [-0.05, 0) is 42.5 Å². The molecule has 1 aromatic rings. The van der Waals surface area contributed by atoms with Crippen molar-refractivity contribution in [3.63, 3.8) is 0 Å². The average Bonchev–Trinajstić information content (AvgIpc) is 2.03. The molecule has 1 heteroatoms. The van der Waals surface area contributed by atoms with Crippen molar-refractivity contribution in [1.29, 1.82) is 0 Å². The molecule has 12 heavy (non-hydrogen) atoms. The van der Waals surface area contributed by atoms with Gasteiger partial charge in [-0.25, -0.2) is 0 Å². The van der Waals surface area contributed by atoms with Crippen molar-refractivity contribution in [3.05, 3.63) is 34.4 Å². The molecule has 0 unspecified atom stereocenters. The van der Waals surface area contributed by atoms with E-state index in [2.05, 4.69) is 48.8 Å². The molecule has 66 valence electrons. The highest BCUT2D eigenvalue weighted by Gasteiger charge is 2.02. The van der Waals surface area contributed by atoms with Gasteiger partial charge < -0.3 is 0 Å². The van der Waals surface area contributed by atoms with E-state index >= 15 is 0 Å². The van der Waals surface area contributed by atoms with E-state index in [1.54, 1.807) is 0 Å². The summed E-state index contributed by atoms with van der Waals surface area (Å²) in [6.45, 7) is 6.56. The molecule has 0 amide bonds. The third-order valence-electron chi connectivity index (χ3n) is 2.30. The number of hydrogen-bond acceptors (Lipinski definition) is 0. The van der Waals surface area contributed by atoms with Gasteiger partial charge in [0.25, 0.3) is 0 Å². The number of halogens is 1. The van der Waals surface area contributed by atoms with Gasteiger partial charge in [0.05, 0.1) is 0 Å². The average molecular weight is 227 g/mol. The van der Waals surface area contributed by atoms with Gasteiger partial charge in [-0.1, -0.05) is 35.0 Å². The molecule has 0 aliphatic carbocycles. The van der Waals surface area contributed by atoms with Crippen LogP contribution in [0.25, 0.3) is 0 Å². The van der Waals surface area contributed by atoms with Gasteiger partial charge in [0, 0.05) is 5.33 Å². The maximum absolute atomic E-state index is 3.51. The van der Waals surface area contributed by atoms with Crippen LogP contribution < -0.4 is 0 Å². The number of alkyl halides is 1. The Bertz CT molecular complexity index is 253. The molecular weight excluding hydrogens is 212 g/mol. The second kappa shape index (κ2) is 4.08. The molecule has 0 heterocycles. The normalized spacial score (nSPS) is 10.3. The van der Waals surface area contributed by atoms with Gasteiger partial charge in [0.1, 0.15) is 0 Å². The van der Waals surface area contributed by atoms with Crippen LogP contribution in [0.2, 0.25) is 0 Å². The fourth-order valence-corrected chi connectivity index (χ4v) is 2.38. The van der Waals surface area contributed by atoms with Gasteiger partial charge in [-0.3, -0.25) is 0 Å². The predicted octanol–water partition coefficient (Wildman–Crippen LogP) is 3.76. The molecule has 0 bridgehead atoms. The molecule has 0 atom stereocenters. The summed E-state index contributed by atoms with van der Waals surface area (Å²) in [6, 6.07) is 4.56. The van der Waals surface area contributed by atoms with E-state index in [9.17, 15) is 0 Å². The zero-order chi connectivity index (χ0) is 9.14. The molecule has 0 aromatic heterocycles. The first-order chi connectivity index (χ1) is 5.69. The fraction of sp³-hybridized carbons (Fsp3) is 0.455. The van der Waals surface area contributed by atoms with E-state index in [-0.39, 0.29) is 0 Å². The van der Waals surface area contributed by atoms with E-state index in [0.29, 0.717) is 0 Å². The van der Waals surface area contributed by atoms with Crippen LogP contribution in [0.15, 0.2) is 12.1 Å². The third-order valence-corrected chi connectivity index (χ3v) is 2.86. The highest BCUT2D eigenvalue weighted by molar-refractivity contribution is 9.08. The van der Waals surface area contributed by atoms with E-state index in [0.717, 1.165) is 11.8 Å². The van der Waals surface area contributed by atoms with Crippen LogP contribution in [0.3, 0.4) is 0 Å². The largest absolute Gasteiger partial charge is 0.0876 e. The summed E-state index contributed by atoms with van der Waals surface area (Å²) < 4.78 is 0. The highest BCUT2D eigenvalue weighted by Crippen LogP contribution is 2.19. The number of rotatable bonds is 2. The first-order valence-electron chi connectivity index (χ1n) is 4.34. The quantitative estimate of drug-likeness (QED) is 0.675. The summed E-state index contributed by atoms with van der Waals surface area (Å²) in [5.74, 6) is 0. The maximum atomic E-state index is 3.51. The molecule has 0 aliphatic rings. The van der Waals surface area contributed by atoms with Gasteiger partial charge >= 0.3 is 0 Å². The molecule has 0 spiro atoms. The summed E-state index contributed by atoms with van der Waals surface area (Å²) >= 11 is 3.51. The van der Waals surface area contributed by atoms with E-state index in [1.807, 2.05) is 0 Å². The zero-order valence-corrected chi connectivity index (χ0v) is 9.53. The van der Waals surface area contributed by atoms with Crippen molar-refractivity contribution < 1.29 is 0 Å². The topological polar surface area (TPSA) is 0 Å². The van der Waals surface area contributed by atoms with Crippen LogP contribution in [0.1, 0.15) is 29.2 Å². The third kappa shape index (κ3) is 1.89. The first-order valence-corrected chi connectivity index (χ1v) is 5.46. The van der Waals surface area contributed by atoms with Gasteiger partial charge in [-0.2, -0.15) is 0 Å². The Hall–Kier alpha value is -0.300. The van der Waals surface area contributed by atoms with E-state index < -0.39 is 0 Å². The first kappa shape index (κ1) is 9.79. The minimum Gasteiger partial charge on any atom is -0.0876 e. The van der Waals surface area contributed by atoms with E-state index in [4.69, 9.17) is 0 Å². The lowest BCUT2D eigenvalue weighted by Crippen LogP contribution is -1.92. The van der Waals surface area contributed by atoms with Crippen molar-refractivity contribution in [3.8, 4) is 0 Å². The Morgan fingerprint density at radius 2 is 1.67 bits per heavy atom. The van der Waals surface area contributed by atoms with Crippen LogP contribution in [0, 0.1) is 13.8 Å². The summed E-state index contributed by atoms with van der Waals surface area (Å²) in [6.07, 6.45) is 1.13. The molecule has 1 rings (SSSR count). The van der Waals surface area contributed by atoms with Gasteiger partial charge in [0.2, 0.25) is 0 Å². The molecule has 0 fully saturated rings. The summed E-state index contributed by atoms with van der Waals surface area (Å²) in [4.78, 5) is 0. The lowest BCUT2D eigenvalue weighted by molar-refractivity contribution is 1.10. The van der Waals surface area contributed by atoms with Crippen LogP contribution in [0.5, 0.6) is 0 Å². The Balaban J connectivity index is 3.18. The van der Waals surface area contributed by atoms with Gasteiger partial charge in [0.15, 0.2) is 0 Å². The van der Waals surface area contributed by atoms with Crippen molar-refractivity contribution in [2.75, 3.05) is 0 Å². The van der Waals surface area contributed by atoms with Crippen LogP contribution in [-0.4, -0.2) is 0 Å². The smallest absolute Gasteiger partial charge is 0.0288 e. The molecule has 0 N–H and O–H groups in total. The Labute approximate surface area is 83.1 Å². The minimum absolute atomic E-state index is 0.967. The lowest BCUT2D eigenvalue weighted by atomic mass is 10.00. The van der Waals surface area contributed by atoms with Crippen molar-refractivity contribution in [2.45, 2.75) is 32.5 Å². The second-order valence-electron chi connectivity index (χ2n) is 3.20. The van der Waals surface area contributed by atoms with Crippen molar-refractivity contribution >= 4 is 15.9 Å². The molecule has 0 saturated heterocycles. The Kier molecular flexibility index (Phi) is 3.33. The van der Waals surface area contributed by atoms with Crippen molar-refractivity contribution in [2.24, 2.45) is 0 Å². The Morgan fingerprint density at radius 3 is 2.00 bits per heavy atom. The molecule has 0 aliphatic heterocycles. The second-order valence-corrected chi connectivity index (χ2v) is 3.76. The summed E-state index contributed by atoms with van der Waals surface area (Å²) in [5, 5.41) is 0.967. The molecular formula is C11H15Br. The summed E-state index contributed by atoms with van der Waals surface area (Å²) in [5.41, 5.74) is 5.69. The summed E-state index contributed by atoms with van der Waals surface area (Å²) in [7, 11) is 0. The van der Waals surface area contributed by atoms with Crippen LogP contribution in [0.4, 0.5) is 0 Å². The lowest BCUT2D eigenvalue weighted by Gasteiger charge is -2.08. The van der Waals surface area contributed by atoms with Crippen molar-refractivity contribution in [1.82, 2.24) is 0 Å². The molecule has 0 nitrogen and oxygen atoms in total. The van der Waals surface area contributed by atoms with E-state index in [1.165, 1.54) is 22.3 Å². The predicted molar refractivity (Wildman–Crippen MR) is 57.9 cm³/mol.